The minimum atomic E-state index is -0.579. The molecular formula is C14H9N3O3. The van der Waals surface area contributed by atoms with Gasteiger partial charge in [-0.05, 0) is 24.3 Å². The molecule has 0 amide bonds. The van der Waals surface area contributed by atoms with Crippen LogP contribution >= 0.6 is 0 Å². The molecule has 0 atom stereocenters. The molecule has 0 aliphatic rings. The fraction of sp³-hybridized carbons (Fsp3) is 0. The molecule has 2 heterocycles. The third-order valence-corrected chi connectivity index (χ3v) is 2.70. The first-order valence-electron chi connectivity index (χ1n) is 5.86. The van der Waals surface area contributed by atoms with Crippen molar-refractivity contribution in [1.82, 2.24) is 9.97 Å². The summed E-state index contributed by atoms with van der Waals surface area (Å²) in [6.45, 7) is 0. The number of nitro groups is 1. The number of para-hydroxylation sites is 1. The van der Waals surface area contributed by atoms with Gasteiger partial charge in [-0.1, -0.05) is 18.2 Å². The lowest BCUT2D eigenvalue weighted by Crippen LogP contribution is -1.87. The summed E-state index contributed by atoms with van der Waals surface area (Å²) in [6, 6.07) is 10.5. The Kier molecular flexibility index (Phi) is 2.96. The van der Waals surface area contributed by atoms with Gasteiger partial charge in [0, 0.05) is 11.6 Å². The molecule has 6 nitrogen and oxygen atoms in total. The molecule has 3 aromatic rings. The van der Waals surface area contributed by atoms with Gasteiger partial charge in [-0.25, -0.2) is 9.97 Å². The molecule has 0 N–H and O–H groups in total. The van der Waals surface area contributed by atoms with Crippen molar-refractivity contribution in [3.8, 4) is 0 Å². The average molecular weight is 267 g/mol. The second-order valence-electron chi connectivity index (χ2n) is 4.05. The van der Waals surface area contributed by atoms with Crippen molar-refractivity contribution in [2.24, 2.45) is 0 Å². The van der Waals surface area contributed by atoms with E-state index >= 15 is 0 Å². The van der Waals surface area contributed by atoms with E-state index in [-0.39, 0.29) is 5.88 Å². The van der Waals surface area contributed by atoms with Crippen molar-refractivity contribution in [3.63, 3.8) is 0 Å². The fourth-order valence-electron chi connectivity index (χ4n) is 1.75. The first-order valence-corrected chi connectivity index (χ1v) is 5.86. The third-order valence-electron chi connectivity index (χ3n) is 2.70. The van der Waals surface area contributed by atoms with E-state index in [9.17, 15) is 10.1 Å². The van der Waals surface area contributed by atoms with Crippen molar-refractivity contribution in [3.05, 3.63) is 64.3 Å². The number of hydrogen-bond donors (Lipinski definition) is 0. The van der Waals surface area contributed by atoms with Crippen LogP contribution in [-0.4, -0.2) is 14.9 Å². The van der Waals surface area contributed by atoms with Crippen LogP contribution in [0.15, 0.2) is 47.0 Å². The Bertz CT molecular complexity index is 808. The Morgan fingerprint density at radius 2 is 2.00 bits per heavy atom. The number of furan rings is 1. The lowest BCUT2D eigenvalue weighted by molar-refractivity contribution is -0.402. The zero-order chi connectivity index (χ0) is 13.9. The van der Waals surface area contributed by atoms with E-state index in [1.165, 1.54) is 12.1 Å². The average Bonchev–Trinajstić information content (AvgIpc) is 2.94. The Balaban J connectivity index is 1.87. The zero-order valence-electron chi connectivity index (χ0n) is 10.3. The lowest BCUT2D eigenvalue weighted by Gasteiger charge is -1.96. The molecule has 0 aliphatic carbocycles. The standard InChI is InChI=1S/C14H9N3O3/c18-17(19)14-8-6-11(20-14)5-7-13-15-9-10-3-1-2-4-12(10)16-13/h1-9H/b7-5+. The largest absolute Gasteiger partial charge is 0.433 e. The number of fused-ring (bicyclic) bond motifs is 1. The number of nitrogens with zero attached hydrogens (tertiary/aromatic N) is 3. The minimum absolute atomic E-state index is 0.288. The van der Waals surface area contributed by atoms with Crippen LogP contribution < -0.4 is 0 Å². The van der Waals surface area contributed by atoms with Crippen molar-refractivity contribution in [2.75, 3.05) is 0 Å². The van der Waals surface area contributed by atoms with Crippen molar-refractivity contribution < 1.29 is 9.34 Å². The van der Waals surface area contributed by atoms with Gasteiger partial charge in [0.25, 0.3) is 0 Å². The van der Waals surface area contributed by atoms with E-state index in [2.05, 4.69) is 9.97 Å². The summed E-state index contributed by atoms with van der Waals surface area (Å²) in [7, 11) is 0. The lowest BCUT2D eigenvalue weighted by atomic mass is 10.2. The molecule has 0 aliphatic heterocycles. The van der Waals surface area contributed by atoms with Gasteiger partial charge in [0.1, 0.15) is 10.7 Å². The van der Waals surface area contributed by atoms with E-state index in [0.717, 1.165) is 10.9 Å². The molecule has 20 heavy (non-hydrogen) atoms. The van der Waals surface area contributed by atoms with Gasteiger partial charge in [-0.2, -0.15) is 0 Å². The Morgan fingerprint density at radius 1 is 1.15 bits per heavy atom. The monoisotopic (exact) mass is 267 g/mol. The molecule has 0 radical (unpaired) electrons. The summed E-state index contributed by atoms with van der Waals surface area (Å²) >= 11 is 0. The third kappa shape index (κ3) is 2.39. The zero-order valence-corrected chi connectivity index (χ0v) is 10.3. The first kappa shape index (κ1) is 12.0. The summed E-state index contributed by atoms with van der Waals surface area (Å²) in [5, 5.41) is 11.5. The molecule has 2 aromatic heterocycles. The van der Waals surface area contributed by atoms with E-state index < -0.39 is 4.92 Å². The minimum Gasteiger partial charge on any atom is -0.401 e. The molecule has 0 saturated carbocycles. The molecule has 3 rings (SSSR count). The summed E-state index contributed by atoms with van der Waals surface area (Å²) in [5.41, 5.74) is 0.840. The van der Waals surface area contributed by atoms with E-state index in [4.69, 9.17) is 4.42 Å². The normalized spacial score (nSPS) is 11.2. The maximum absolute atomic E-state index is 10.5. The van der Waals surface area contributed by atoms with Crippen molar-refractivity contribution in [1.29, 1.82) is 0 Å². The van der Waals surface area contributed by atoms with Crippen LogP contribution in [-0.2, 0) is 0 Å². The first-order chi connectivity index (χ1) is 9.72. The maximum Gasteiger partial charge on any atom is 0.433 e. The molecule has 0 fully saturated rings. The molecule has 6 heteroatoms. The van der Waals surface area contributed by atoms with Gasteiger partial charge < -0.3 is 4.42 Å². The van der Waals surface area contributed by atoms with Crippen molar-refractivity contribution >= 4 is 28.9 Å². The maximum atomic E-state index is 10.5. The highest BCUT2D eigenvalue weighted by Gasteiger charge is 2.09. The summed E-state index contributed by atoms with van der Waals surface area (Å²) in [6.07, 6.45) is 4.97. The van der Waals surface area contributed by atoms with Crippen LogP contribution in [0.3, 0.4) is 0 Å². The quantitative estimate of drug-likeness (QED) is 0.537. The summed E-state index contributed by atoms with van der Waals surface area (Å²) in [5.74, 6) is 0.611. The van der Waals surface area contributed by atoms with Gasteiger partial charge in [0.15, 0.2) is 5.82 Å². The van der Waals surface area contributed by atoms with Gasteiger partial charge in [0.05, 0.1) is 11.6 Å². The molecule has 0 spiro atoms. The number of aromatic nitrogens is 2. The Morgan fingerprint density at radius 3 is 2.80 bits per heavy atom. The predicted octanol–water partition coefficient (Wildman–Crippen LogP) is 3.30. The SMILES string of the molecule is O=[N+]([O-])c1ccc(/C=C/c2ncc3ccccc3n2)o1. The van der Waals surface area contributed by atoms with Crippen LogP contribution in [0.25, 0.3) is 23.1 Å². The fourth-order valence-corrected chi connectivity index (χ4v) is 1.75. The Hall–Kier alpha value is -3.02. The van der Waals surface area contributed by atoms with Crippen LogP contribution in [0.4, 0.5) is 5.88 Å². The van der Waals surface area contributed by atoms with E-state index in [0.29, 0.717) is 11.6 Å². The second-order valence-corrected chi connectivity index (χ2v) is 4.05. The van der Waals surface area contributed by atoms with Gasteiger partial charge >= 0.3 is 5.88 Å². The Labute approximate surface area is 113 Å². The molecule has 0 saturated heterocycles. The second kappa shape index (κ2) is 4.93. The smallest absolute Gasteiger partial charge is 0.401 e. The highest BCUT2D eigenvalue weighted by Crippen LogP contribution is 2.17. The number of rotatable bonds is 3. The highest BCUT2D eigenvalue weighted by molar-refractivity contribution is 5.78. The topological polar surface area (TPSA) is 82.1 Å². The molecule has 98 valence electrons. The van der Waals surface area contributed by atoms with Gasteiger partial charge in [-0.3, -0.25) is 10.1 Å². The van der Waals surface area contributed by atoms with Gasteiger partial charge in [-0.15, -0.1) is 0 Å². The highest BCUT2D eigenvalue weighted by atomic mass is 16.6. The van der Waals surface area contributed by atoms with E-state index in [1.807, 2.05) is 24.3 Å². The van der Waals surface area contributed by atoms with Crippen LogP contribution in [0.2, 0.25) is 0 Å². The molecular weight excluding hydrogens is 258 g/mol. The van der Waals surface area contributed by atoms with Crippen molar-refractivity contribution in [2.45, 2.75) is 0 Å². The van der Waals surface area contributed by atoms with Crippen LogP contribution in [0.1, 0.15) is 11.6 Å². The summed E-state index contributed by atoms with van der Waals surface area (Å²) < 4.78 is 5.01. The van der Waals surface area contributed by atoms with Crippen LogP contribution in [0, 0.1) is 10.1 Å². The molecule has 1 aromatic carbocycles. The predicted molar refractivity (Wildman–Crippen MR) is 73.8 cm³/mol. The van der Waals surface area contributed by atoms with Crippen LogP contribution in [0.5, 0.6) is 0 Å². The number of benzene rings is 1. The number of hydrogen-bond acceptors (Lipinski definition) is 5. The summed E-state index contributed by atoms with van der Waals surface area (Å²) in [4.78, 5) is 18.5. The van der Waals surface area contributed by atoms with Gasteiger partial charge in [0.2, 0.25) is 0 Å². The molecule has 0 bridgehead atoms. The molecule has 0 unspecified atom stereocenters. The van der Waals surface area contributed by atoms with E-state index in [1.54, 1.807) is 18.3 Å².